The van der Waals surface area contributed by atoms with E-state index in [1.54, 1.807) is 38.1 Å². The Bertz CT molecular complexity index is 915. The quantitative estimate of drug-likeness (QED) is 0.532. The Morgan fingerprint density at radius 2 is 1.93 bits per heavy atom. The highest BCUT2D eigenvalue weighted by molar-refractivity contribution is 6.14. The second-order valence-corrected chi connectivity index (χ2v) is 6.08. The van der Waals surface area contributed by atoms with Crippen LogP contribution in [0.15, 0.2) is 48.2 Å². The molecule has 6 heteroatoms. The minimum atomic E-state index is -0.761. The van der Waals surface area contributed by atoms with Crippen LogP contribution in [0.1, 0.15) is 36.7 Å². The fourth-order valence-electron chi connectivity index (χ4n) is 2.78. The van der Waals surface area contributed by atoms with Gasteiger partial charge in [0, 0.05) is 11.6 Å². The highest BCUT2D eigenvalue weighted by atomic mass is 16.6. The molecular formula is C22H22O6. The largest absolute Gasteiger partial charge is 0.493 e. The van der Waals surface area contributed by atoms with Crippen LogP contribution in [0, 0.1) is 0 Å². The maximum Gasteiger partial charge on any atom is 0.347 e. The number of carbonyl (C=O) groups excluding carboxylic acids is 2. The van der Waals surface area contributed by atoms with E-state index in [1.165, 1.54) is 0 Å². The zero-order valence-corrected chi connectivity index (χ0v) is 16.1. The number of fused-ring (bicyclic) bond motifs is 1. The summed E-state index contributed by atoms with van der Waals surface area (Å²) in [5.74, 6) is 1.02. The van der Waals surface area contributed by atoms with E-state index in [0.29, 0.717) is 29.4 Å². The molecule has 0 saturated heterocycles. The van der Waals surface area contributed by atoms with Gasteiger partial charge in [-0.2, -0.15) is 0 Å². The van der Waals surface area contributed by atoms with E-state index in [0.717, 1.165) is 5.56 Å². The van der Waals surface area contributed by atoms with Gasteiger partial charge in [-0.15, -0.1) is 0 Å². The zero-order valence-electron chi connectivity index (χ0n) is 16.1. The minimum absolute atomic E-state index is 0.206. The number of carbonyl (C=O) groups is 2. The first-order valence-corrected chi connectivity index (χ1v) is 9.16. The molecule has 0 aromatic heterocycles. The summed E-state index contributed by atoms with van der Waals surface area (Å²) in [4.78, 5) is 24.4. The fraction of sp³-hybridized carbons (Fsp3) is 0.273. The number of Topliss-reactive ketones (excluding diaryl/α,β-unsaturated/α-hetero) is 1. The number of allylic oxidation sites excluding steroid dienone is 1. The van der Waals surface area contributed by atoms with Crippen molar-refractivity contribution in [3.05, 3.63) is 59.4 Å². The SMILES string of the molecule is CCOC(=O)C(C)Oc1ccc2c(c1)O/C(=C\c1ccccc1OCC)C2=O. The van der Waals surface area contributed by atoms with E-state index in [9.17, 15) is 9.59 Å². The first-order chi connectivity index (χ1) is 13.5. The number of hydrogen-bond acceptors (Lipinski definition) is 6. The van der Waals surface area contributed by atoms with E-state index in [1.807, 2.05) is 31.2 Å². The molecule has 1 unspecified atom stereocenters. The molecular weight excluding hydrogens is 360 g/mol. The maximum atomic E-state index is 12.6. The lowest BCUT2D eigenvalue weighted by Crippen LogP contribution is -2.26. The van der Waals surface area contributed by atoms with Crippen molar-refractivity contribution in [1.29, 1.82) is 0 Å². The molecule has 0 radical (unpaired) electrons. The first-order valence-electron chi connectivity index (χ1n) is 9.16. The Labute approximate surface area is 163 Å². The van der Waals surface area contributed by atoms with Gasteiger partial charge >= 0.3 is 5.97 Å². The minimum Gasteiger partial charge on any atom is -0.493 e. The van der Waals surface area contributed by atoms with Gasteiger partial charge in [0.15, 0.2) is 11.9 Å². The third-order valence-electron chi connectivity index (χ3n) is 4.08. The summed E-state index contributed by atoms with van der Waals surface area (Å²) in [6.07, 6.45) is 0.901. The smallest absolute Gasteiger partial charge is 0.347 e. The van der Waals surface area contributed by atoms with Gasteiger partial charge in [-0.25, -0.2) is 4.79 Å². The second kappa shape index (κ2) is 8.61. The summed E-state index contributed by atoms with van der Waals surface area (Å²) < 4.78 is 21.9. The number of rotatable bonds is 7. The standard InChI is InChI=1S/C22H22O6/c1-4-25-18-9-7-6-8-15(18)12-20-21(23)17-11-10-16(13-19(17)28-20)27-14(3)22(24)26-5-2/h6-14H,4-5H2,1-3H3/b20-12-. The second-order valence-electron chi connectivity index (χ2n) is 6.08. The number of ether oxygens (including phenoxy) is 4. The average molecular weight is 382 g/mol. The molecule has 0 aliphatic carbocycles. The maximum absolute atomic E-state index is 12.6. The van der Waals surface area contributed by atoms with E-state index in [2.05, 4.69) is 0 Å². The average Bonchev–Trinajstić information content (AvgIpc) is 2.98. The molecule has 1 heterocycles. The van der Waals surface area contributed by atoms with Crippen LogP contribution in [0.5, 0.6) is 17.2 Å². The molecule has 28 heavy (non-hydrogen) atoms. The molecule has 0 fully saturated rings. The van der Waals surface area contributed by atoms with Gasteiger partial charge in [0.05, 0.1) is 18.8 Å². The first kappa shape index (κ1) is 19.5. The molecule has 3 rings (SSSR count). The van der Waals surface area contributed by atoms with E-state index in [4.69, 9.17) is 18.9 Å². The lowest BCUT2D eigenvalue weighted by atomic mass is 10.1. The highest BCUT2D eigenvalue weighted by Crippen LogP contribution is 2.36. The van der Waals surface area contributed by atoms with Crippen molar-refractivity contribution in [3.8, 4) is 17.2 Å². The summed E-state index contributed by atoms with van der Waals surface area (Å²) in [5.41, 5.74) is 1.20. The molecule has 1 aliphatic rings. The lowest BCUT2D eigenvalue weighted by Gasteiger charge is -2.13. The summed E-state index contributed by atoms with van der Waals surface area (Å²) in [7, 11) is 0. The summed E-state index contributed by atoms with van der Waals surface area (Å²) in [5, 5.41) is 0. The van der Waals surface area contributed by atoms with Crippen LogP contribution in [-0.2, 0) is 9.53 Å². The third kappa shape index (κ3) is 4.17. The van der Waals surface area contributed by atoms with Crippen molar-refractivity contribution in [2.45, 2.75) is 26.9 Å². The Kier molecular flexibility index (Phi) is 5.99. The zero-order chi connectivity index (χ0) is 20.1. The van der Waals surface area contributed by atoms with Gasteiger partial charge in [0.1, 0.15) is 17.2 Å². The number of esters is 1. The van der Waals surface area contributed by atoms with Gasteiger partial charge in [-0.05, 0) is 45.0 Å². The van der Waals surface area contributed by atoms with E-state index >= 15 is 0 Å². The Morgan fingerprint density at radius 3 is 2.68 bits per heavy atom. The molecule has 146 valence electrons. The van der Waals surface area contributed by atoms with E-state index < -0.39 is 12.1 Å². The molecule has 0 spiro atoms. The predicted octanol–water partition coefficient (Wildman–Crippen LogP) is 4.03. The Balaban J connectivity index is 1.81. The van der Waals surface area contributed by atoms with Gasteiger partial charge < -0.3 is 18.9 Å². The molecule has 2 aromatic rings. The van der Waals surface area contributed by atoms with Crippen molar-refractivity contribution in [3.63, 3.8) is 0 Å². The molecule has 0 N–H and O–H groups in total. The van der Waals surface area contributed by atoms with E-state index in [-0.39, 0.29) is 18.1 Å². The summed E-state index contributed by atoms with van der Waals surface area (Å²) >= 11 is 0. The van der Waals surface area contributed by atoms with Gasteiger partial charge in [0.25, 0.3) is 0 Å². The van der Waals surface area contributed by atoms with Crippen molar-refractivity contribution in [1.82, 2.24) is 0 Å². The molecule has 0 saturated carbocycles. The van der Waals surface area contributed by atoms with Crippen LogP contribution in [0.3, 0.4) is 0 Å². The molecule has 0 amide bonds. The predicted molar refractivity (Wildman–Crippen MR) is 104 cm³/mol. The van der Waals surface area contributed by atoms with Crippen LogP contribution in [0.2, 0.25) is 0 Å². The molecule has 0 bridgehead atoms. The van der Waals surface area contributed by atoms with Gasteiger partial charge in [0.2, 0.25) is 5.78 Å². The monoisotopic (exact) mass is 382 g/mol. The molecule has 2 aromatic carbocycles. The van der Waals surface area contributed by atoms with Crippen LogP contribution in [0.4, 0.5) is 0 Å². The normalized spacial score (nSPS) is 15.0. The summed E-state index contributed by atoms with van der Waals surface area (Å²) in [6, 6.07) is 12.3. The van der Waals surface area contributed by atoms with Crippen molar-refractivity contribution < 1.29 is 28.5 Å². The Hall–Kier alpha value is -3.28. The Morgan fingerprint density at radius 1 is 1.14 bits per heavy atom. The lowest BCUT2D eigenvalue weighted by molar-refractivity contribution is -0.150. The molecule has 1 aliphatic heterocycles. The molecule has 6 nitrogen and oxygen atoms in total. The molecule has 1 atom stereocenters. The van der Waals surface area contributed by atoms with Crippen LogP contribution < -0.4 is 14.2 Å². The van der Waals surface area contributed by atoms with Crippen LogP contribution >= 0.6 is 0 Å². The topological polar surface area (TPSA) is 71.1 Å². The fourth-order valence-corrected chi connectivity index (χ4v) is 2.78. The van der Waals surface area contributed by atoms with Crippen molar-refractivity contribution >= 4 is 17.8 Å². The van der Waals surface area contributed by atoms with Crippen molar-refractivity contribution in [2.24, 2.45) is 0 Å². The van der Waals surface area contributed by atoms with Crippen LogP contribution in [-0.4, -0.2) is 31.1 Å². The number of para-hydroxylation sites is 1. The van der Waals surface area contributed by atoms with Crippen molar-refractivity contribution in [2.75, 3.05) is 13.2 Å². The number of benzene rings is 2. The van der Waals surface area contributed by atoms with Crippen LogP contribution in [0.25, 0.3) is 6.08 Å². The van der Waals surface area contributed by atoms with Gasteiger partial charge in [-0.1, -0.05) is 18.2 Å². The number of ketones is 1. The highest BCUT2D eigenvalue weighted by Gasteiger charge is 2.28. The summed E-state index contributed by atoms with van der Waals surface area (Å²) in [6.45, 7) is 6.04. The number of hydrogen-bond donors (Lipinski definition) is 0. The third-order valence-corrected chi connectivity index (χ3v) is 4.08. The van der Waals surface area contributed by atoms with Gasteiger partial charge in [-0.3, -0.25) is 4.79 Å².